The molecule has 0 radical (unpaired) electrons. The Balaban J connectivity index is 3.62. The van der Waals surface area contributed by atoms with Gasteiger partial charge in [0.15, 0.2) is 0 Å². The van der Waals surface area contributed by atoms with E-state index in [0.29, 0.717) is 6.42 Å². The van der Waals surface area contributed by atoms with E-state index < -0.39 is 12.1 Å². The van der Waals surface area contributed by atoms with Crippen LogP contribution in [-0.4, -0.2) is 34.9 Å². The van der Waals surface area contributed by atoms with Gasteiger partial charge in [-0.1, -0.05) is 265 Å². The second-order valence-electron chi connectivity index (χ2n) is 18.3. The Hall–Kier alpha value is -2.69. The third kappa shape index (κ3) is 50.3. The average molecular weight is 889 g/mol. The summed E-state index contributed by atoms with van der Waals surface area (Å²) in [5.41, 5.74) is 0. The molecule has 368 valence electrons. The second kappa shape index (κ2) is 54.6. The zero-order chi connectivity index (χ0) is 46.3. The molecule has 4 nitrogen and oxygen atoms in total. The van der Waals surface area contributed by atoms with Crippen LogP contribution in [-0.2, 0) is 4.79 Å². The zero-order valence-corrected chi connectivity index (χ0v) is 42.3. The van der Waals surface area contributed by atoms with Gasteiger partial charge in [0.1, 0.15) is 0 Å². The number of hydrogen-bond donors (Lipinski definition) is 3. The molecule has 0 aliphatic carbocycles. The van der Waals surface area contributed by atoms with Crippen LogP contribution in [0.5, 0.6) is 0 Å². The first kappa shape index (κ1) is 61.3. The Morgan fingerprint density at radius 2 is 0.703 bits per heavy atom. The molecule has 0 heterocycles. The van der Waals surface area contributed by atoms with Crippen molar-refractivity contribution in [3.8, 4) is 0 Å². The molecule has 0 rings (SSSR count). The van der Waals surface area contributed by atoms with Crippen LogP contribution in [0, 0.1) is 0 Å². The van der Waals surface area contributed by atoms with E-state index in [2.05, 4.69) is 104 Å². The van der Waals surface area contributed by atoms with Gasteiger partial charge in [0.25, 0.3) is 0 Å². The van der Waals surface area contributed by atoms with E-state index in [9.17, 15) is 15.0 Å². The number of aliphatic hydroxyl groups is 2. The molecule has 0 saturated carbocycles. The number of rotatable bonds is 49. The van der Waals surface area contributed by atoms with E-state index in [-0.39, 0.29) is 12.5 Å². The Bertz CT molecular complexity index is 1190. The minimum atomic E-state index is -0.877. The topological polar surface area (TPSA) is 69.6 Å². The van der Waals surface area contributed by atoms with Crippen LogP contribution >= 0.6 is 0 Å². The molecule has 64 heavy (non-hydrogen) atoms. The first-order chi connectivity index (χ1) is 31.7. The van der Waals surface area contributed by atoms with Crippen molar-refractivity contribution in [3.63, 3.8) is 0 Å². The maximum Gasteiger partial charge on any atom is 0.220 e. The largest absolute Gasteiger partial charge is 0.394 e. The lowest BCUT2D eigenvalue weighted by atomic mass is 10.0. The van der Waals surface area contributed by atoms with Crippen LogP contribution in [0.15, 0.2) is 97.2 Å². The molecule has 1 amide bonds. The Morgan fingerprint density at radius 1 is 0.391 bits per heavy atom. The molecule has 3 N–H and O–H groups in total. The van der Waals surface area contributed by atoms with E-state index in [0.717, 1.165) is 83.5 Å². The fourth-order valence-corrected chi connectivity index (χ4v) is 7.90. The fraction of sp³-hybridized carbons (Fsp3) is 0.717. The number of hydrogen-bond acceptors (Lipinski definition) is 3. The van der Waals surface area contributed by atoms with Crippen LogP contribution in [0.2, 0.25) is 0 Å². The molecule has 0 aliphatic heterocycles. The van der Waals surface area contributed by atoms with Crippen molar-refractivity contribution in [2.45, 2.75) is 270 Å². The predicted molar refractivity (Wildman–Crippen MR) is 285 cm³/mol. The lowest BCUT2D eigenvalue weighted by Crippen LogP contribution is -2.45. The highest BCUT2D eigenvalue weighted by Gasteiger charge is 2.17. The molecular weight excluding hydrogens is 783 g/mol. The maximum atomic E-state index is 12.5. The molecule has 4 heteroatoms. The van der Waals surface area contributed by atoms with Crippen molar-refractivity contribution in [1.82, 2.24) is 5.32 Å². The molecular formula is C60H105NO3. The molecule has 2 atom stereocenters. The number of allylic oxidation sites excluding steroid dienone is 15. The Kier molecular flexibility index (Phi) is 52.3. The number of carbonyl (C=O) groups excluding carboxylic acids is 1. The highest BCUT2D eigenvalue weighted by atomic mass is 16.3. The molecule has 0 aromatic rings. The molecule has 0 bridgehead atoms. The van der Waals surface area contributed by atoms with Crippen LogP contribution in [0.4, 0.5) is 0 Å². The number of amides is 1. The zero-order valence-electron chi connectivity index (χ0n) is 42.3. The Labute approximate surface area is 398 Å². The smallest absolute Gasteiger partial charge is 0.220 e. The quantitative estimate of drug-likeness (QED) is 0.0421. The Morgan fingerprint density at radius 3 is 1.09 bits per heavy atom. The summed E-state index contributed by atoms with van der Waals surface area (Å²) in [5.74, 6) is -0.0905. The van der Waals surface area contributed by atoms with Crippen LogP contribution < -0.4 is 5.32 Å². The number of carbonyl (C=O) groups is 1. The summed E-state index contributed by atoms with van der Waals surface area (Å²) < 4.78 is 0. The van der Waals surface area contributed by atoms with Crippen LogP contribution in [0.1, 0.15) is 258 Å². The van der Waals surface area contributed by atoms with E-state index in [1.807, 2.05) is 6.08 Å². The maximum absolute atomic E-state index is 12.5. The van der Waals surface area contributed by atoms with Gasteiger partial charge in [0.05, 0.1) is 18.8 Å². The van der Waals surface area contributed by atoms with Gasteiger partial charge in [0.2, 0.25) is 5.91 Å². The minimum absolute atomic E-state index is 0.0905. The summed E-state index contributed by atoms with van der Waals surface area (Å²) >= 11 is 0. The van der Waals surface area contributed by atoms with Crippen LogP contribution in [0.3, 0.4) is 0 Å². The van der Waals surface area contributed by atoms with Gasteiger partial charge in [-0.15, -0.1) is 0 Å². The first-order valence-corrected chi connectivity index (χ1v) is 27.5. The first-order valence-electron chi connectivity index (χ1n) is 27.5. The van der Waals surface area contributed by atoms with E-state index in [1.54, 1.807) is 6.08 Å². The normalized spacial score (nSPS) is 13.6. The third-order valence-electron chi connectivity index (χ3n) is 12.1. The number of aliphatic hydroxyl groups excluding tert-OH is 2. The molecule has 0 aliphatic rings. The SMILES string of the molecule is CC/C=C\C/C=C\C/C=C\C/C=C\C/C=C\C/C=C\CCCCCCCCC(=O)NC(CO)C(O)/C=C/CC/C=C/CCCCCCCCCCCCCCCCCCCCCCC. The lowest BCUT2D eigenvalue weighted by molar-refractivity contribution is -0.123. The van der Waals surface area contributed by atoms with Gasteiger partial charge < -0.3 is 15.5 Å². The molecule has 0 spiro atoms. The molecule has 0 fully saturated rings. The monoisotopic (exact) mass is 888 g/mol. The molecule has 0 saturated heterocycles. The standard InChI is InChI=1S/C60H105NO3/c1-3-5-7-9-11-13-15-17-19-21-23-25-27-29-30-32-33-35-37-39-41-43-45-47-49-51-53-55-59(63)58(57-62)61-60(64)56-54-52-50-48-46-44-42-40-38-36-34-31-28-26-24-22-20-18-16-14-12-10-8-6-4-2/h6,8,12,14,18,20,24,26,31,34,38,40,45,47,53,55,58-59,62-63H,3-5,7,9-11,13,15-17,19,21-23,25,27-30,32-33,35-37,39,41-44,46,48-52,54,56-57H2,1-2H3,(H,61,64)/b8-6-,14-12-,20-18-,26-24-,34-31-,40-38-,47-45+,55-53+. The third-order valence-corrected chi connectivity index (χ3v) is 12.1. The van der Waals surface area contributed by atoms with E-state index in [1.165, 1.54) is 154 Å². The van der Waals surface area contributed by atoms with Crippen molar-refractivity contribution in [2.24, 2.45) is 0 Å². The molecule has 2 unspecified atom stereocenters. The van der Waals surface area contributed by atoms with Gasteiger partial charge in [-0.2, -0.15) is 0 Å². The highest BCUT2D eigenvalue weighted by Crippen LogP contribution is 2.16. The van der Waals surface area contributed by atoms with Gasteiger partial charge in [-0.25, -0.2) is 0 Å². The summed E-state index contributed by atoms with van der Waals surface area (Å²) in [6, 6.07) is -0.655. The van der Waals surface area contributed by atoms with Crippen molar-refractivity contribution >= 4 is 5.91 Å². The van der Waals surface area contributed by atoms with Gasteiger partial charge in [-0.3, -0.25) is 4.79 Å². The summed E-state index contributed by atoms with van der Waals surface area (Å²) in [4.78, 5) is 12.5. The molecule has 0 aromatic heterocycles. The van der Waals surface area contributed by atoms with Crippen molar-refractivity contribution in [2.75, 3.05) is 6.61 Å². The summed E-state index contributed by atoms with van der Waals surface area (Å²) in [5, 5.41) is 23.1. The van der Waals surface area contributed by atoms with Gasteiger partial charge in [0, 0.05) is 6.42 Å². The number of unbranched alkanes of at least 4 members (excludes halogenated alkanes) is 28. The lowest BCUT2D eigenvalue weighted by Gasteiger charge is -2.19. The minimum Gasteiger partial charge on any atom is -0.394 e. The van der Waals surface area contributed by atoms with Crippen molar-refractivity contribution < 1.29 is 15.0 Å². The summed E-state index contributed by atoms with van der Waals surface area (Å²) in [6.07, 6.45) is 81.3. The predicted octanol–water partition coefficient (Wildman–Crippen LogP) is 18.1. The van der Waals surface area contributed by atoms with Crippen molar-refractivity contribution in [3.05, 3.63) is 97.2 Å². The van der Waals surface area contributed by atoms with Gasteiger partial charge in [-0.05, 0) is 83.5 Å². The number of nitrogens with one attached hydrogen (secondary N) is 1. The summed E-state index contributed by atoms with van der Waals surface area (Å²) in [6.45, 7) is 4.19. The summed E-state index contributed by atoms with van der Waals surface area (Å²) in [7, 11) is 0. The second-order valence-corrected chi connectivity index (χ2v) is 18.3. The van der Waals surface area contributed by atoms with E-state index >= 15 is 0 Å². The van der Waals surface area contributed by atoms with E-state index in [4.69, 9.17) is 0 Å². The van der Waals surface area contributed by atoms with Crippen molar-refractivity contribution in [1.29, 1.82) is 0 Å². The average Bonchev–Trinajstić information content (AvgIpc) is 3.30. The van der Waals surface area contributed by atoms with Crippen LogP contribution in [0.25, 0.3) is 0 Å². The molecule has 0 aromatic carbocycles. The highest BCUT2D eigenvalue weighted by molar-refractivity contribution is 5.76. The van der Waals surface area contributed by atoms with Gasteiger partial charge >= 0.3 is 0 Å². The fourth-order valence-electron chi connectivity index (χ4n) is 7.90.